The number of rotatable bonds is 8. The standard InChI is InChI=1S/C30H31FN4O2/c1-35(2)18-19-9-12-24(13-10-19)33-28(27-25-14-11-23(31)16-26(25)34-30(27)37)22-8-3-5-20(15-22)17-32-29(36)21-6-4-7-21/h3,5,8-16,21,33H,4,6-7,17-18H2,1-2H3,(H,32,36)(H,34,37)/b28-27-. The summed E-state index contributed by atoms with van der Waals surface area (Å²) < 4.78 is 13.9. The molecule has 7 heteroatoms. The Morgan fingerprint density at radius 3 is 2.51 bits per heavy atom. The molecule has 1 saturated carbocycles. The van der Waals surface area contributed by atoms with E-state index in [4.69, 9.17) is 0 Å². The first kappa shape index (κ1) is 24.7. The van der Waals surface area contributed by atoms with Crippen molar-refractivity contribution in [1.82, 2.24) is 10.2 Å². The Morgan fingerprint density at radius 2 is 1.81 bits per heavy atom. The number of nitrogens with zero attached hydrogens (tertiary/aromatic N) is 1. The minimum absolute atomic E-state index is 0.0947. The fourth-order valence-corrected chi connectivity index (χ4v) is 4.72. The Bertz CT molecular complexity index is 1360. The lowest BCUT2D eigenvalue weighted by molar-refractivity contribution is -0.127. The molecule has 5 rings (SSSR count). The summed E-state index contributed by atoms with van der Waals surface area (Å²) in [7, 11) is 4.05. The van der Waals surface area contributed by atoms with Crippen LogP contribution in [0.4, 0.5) is 15.8 Å². The van der Waals surface area contributed by atoms with Gasteiger partial charge in [-0.3, -0.25) is 9.59 Å². The summed E-state index contributed by atoms with van der Waals surface area (Å²) in [5.74, 6) is -0.485. The van der Waals surface area contributed by atoms with Gasteiger partial charge in [-0.15, -0.1) is 0 Å². The number of benzene rings is 3. The third-order valence-corrected chi connectivity index (χ3v) is 6.86. The Hall–Kier alpha value is -3.97. The molecule has 1 aliphatic carbocycles. The molecule has 1 heterocycles. The Morgan fingerprint density at radius 1 is 1.03 bits per heavy atom. The van der Waals surface area contributed by atoms with Crippen LogP contribution in [0.3, 0.4) is 0 Å². The van der Waals surface area contributed by atoms with Crippen molar-refractivity contribution < 1.29 is 14.0 Å². The molecule has 1 aliphatic heterocycles. The van der Waals surface area contributed by atoms with E-state index in [1.165, 1.54) is 17.7 Å². The normalized spacial score (nSPS) is 16.2. The van der Waals surface area contributed by atoms with E-state index in [0.717, 1.165) is 42.6 Å². The first-order valence-corrected chi connectivity index (χ1v) is 12.6. The van der Waals surface area contributed by atoms with E-state index in [0.29, 0.717) is 29.1 Å². The first-order chi connectivity index (χ1) is 17.9. The number of amides is 2. The van der Waals surface area contributed by atoms with Crippen molar-refractivity contribution in [1.29, 1.82) is 0 Å². The summed E-state index contributed by atoms with van der Waals surface area (Å²) in [6, 6.07) is 20.2. The van der Waals surface area contributed by atoms with E-state index in [1.807, 2.05) is 50.5 Å². The van der Waals surface area contributed by atoms with Gasteiger partial charge in [0.1, 0.15) is 5.82 Å². The van der Waals surface area contributed by atoms with Crippen LogP contribution in [0.1, 0.15) is 41.5 Å². The van der Waals surface area contributed by atoms with E-state index in [9.17, 15) is 14.0 Å². The van der Waals surface area contributed by atoms with Crippen LogP contribution in [0.25, 0.3) is 11.3 Å². The molecule has 3 aromatic rings. The molecule has 0 bridgehead atoms. The monoisotopic (exact) mass is 498 g/mol. The summed E-state index contributed by atoms with van der Waals surface area (Å²) in [5.41, 5.74) is 5.90. The maximum atomic E-state index is 13.9. The molecule has 0 aromatic heterocycles. The van der Waals surface area contributed by atoms with Crippen LogP contribution in [0.2, 0.25) is 0 Å². The van der Waals surface area contributed by atoms with Crippen LogP contribution >= 0.6 is 0 Å². The topological polar surface area (TPSA) is 73.5 Å². The van der Waals surface area contributed by atoms with E-state index in [-0.39, 0.29) is 17.7 Å². The zero-order valence-corrected chi connectivity index (χ0v) is 21.1. The number of halogens is 1. The second-order valence-electron chi connectivity index (χ2n) is 10.00. The average molecular weight is 499 g/mol. The SMILES string of the molecule is CN(C)Cc1ccc(N/C(=C2\C(=O)Nc3cc(F)ccc32)c2cccc(CNC(=O)C3CCC3)c2)cc1. The van der Waals surface area contributed by atoms with Gasteiger partial charge in [-0.05, 0) is 80.0 Å². The summed E-state index contributed by atoms with van der Waals surface area (Å²) in [5, 5.41) is 9.29. The van der Waals surface area contributed by atoms with Crippen LogP contribution in [0.15, 0.2) is 66.7 Å². The summed E-state index contributed by atoms with van der Waals surface area (Å²) >= 11 is 0. The minimum Gasteiger partial charge on any atom is -0.354 e. The number of nitrogens with one attached hydrogen (secondary N) is 3. The first-order valence-electron chi connectivity index (χ1n) is 12.6. The Balaban J connectivity index is 1.50. The zero-order chi connectivity index (χ0) is 25.9. The lowest BCUT2D eigenvalue weighted by atomic mass is 9.85. The predicted octanol–water partition coefficient (Wildman–Crippen LogP) is 5.24. The van der Waals surface area contributed by atoms with Gasteiger partial charge >= 0.3 is 0 Å². The quantitative estimate of drug-likeness (QED) is 0.372. The number of hydrogen-bond donors (Lipinski definition) is 3. The summed E-state index contributed by atoms with van der Waals surface area (Å²) in [4.78, 5) is 27.6. The van der Waals surface area contributed by atoms with Crippen molar-refractivity contribution in [2.45, 2.75) is 32.4 Å². The highest BCUT2D eigenvalue weighted by Crippen LogP contribution is 2.38. The third kappa shape index (κ3) is 5.57. The molecule has 190 valence electrons. The molecule has 0 radical (unpaired) electrons. The van der Waals surface area contributed by atoms with Gasteiger partial charge in [-0.25, -0.2) is 4.39 Å². The van der Waals surface area contributed by atoms with Gasteiger partial charge < -0.3 is 20.9 Å². The minimum atomic E-state index is -0.407. The second kappa shape index (κ2) is 10.6. The lowest BCUT2D eigenvalue weighted by Crippen LogP contribution is -2.33. The average Bonchev–Trinajstić information content (AvgIpc) is 3.15. The molecule has 0 saturated heterocycles. The van der Waals surface area contributed by atoms with E-state index in [1.54, 1.807) is 6.07 Å². The molecular weight excluding hydrogens is 467 g/mol. The van der Waals surface area contributed by atoms with Gasteiger partial charge in [0, 0.05) is 30.3 Å². The van der Waals surface area contributed by atoms with E-state index >= 15 is 0 Å². The van der Waals surface area contributed by atoms with Crippen LogP contribution in [-0.2, 0) is 22.7 Å². The molecular formula is C30H31FN4O2. The maximum Gasteiger partial charge on any atom is 0.258 e. The lowest BCUT2D eigenvalue weighted by Gasteiger charge is -2.24. The van der Waals surface area contributed by atoms with Gasteiger partial charge in [-0.1, -0.05) is 36.8 Å². The molecule has 3 N–H and O–H groups in total. The summed E-state index contributed by atoms with van der Waals surface area (Å²) in [6.45, 7) is 1.24. The fourth-order valence-electron chi connectivity index (χ4n) is 4.72. The molecule has 1 fully saturated rings. The molecule has 0 spiro atoms. The van der Waals surface area contributed by atoms with Crippen molar-refractivity contribution in [2.75, 3.05) is 24.7 Å². The molecule has 0 atom stereocenters. The van der Waals surface area contributed by atoms with Crippen LogP contribution in [0, 0.1) is 11.7 Å². The number of hydrogen-bond acceptors (Lipinski definition) is 4. The fraction of sp³-hybridized carbons (Fsp3) is 0.267. The number of anilines is 2. The van der Waals surface area contributed by atoms with Crippen molar-refractivity contribution >= 4 is 34.5 Å². The molecule has 0 unspecified atom stereocenters. The maximum absolute atomic E-state index is 13.9. The highest BCUT2D eigenvalue weighted by Gasteiger charge is 2.29. The molecule has 2 aliphatic rings. The Labute approximate surface area is 216 Å². The Kier molecular flexibility index (Phi) is 7.06. The van der Waals surface area contributed by atoms with Crippen molar-refractivity contribution in [2.24, 2.45) is 5.92 Å². The second-order valence-corrected chi connectivity index (χ2v) is 10.00. The van der Waals surface area contributed by atoms with Gasteiger partial charge in [0.05, 0.1) is 17.0 Å². The van der Waals surface area contributed by atoms with Crippen molar-refractivity contribution in [3.05, 3.63) is 94.8 Å². The highest BCUT2D eigenvalue weighted by atomic mass is 19.1. The van der Waals surface area contributed by atoms with Crippen molar-refractivity contribution in [3.8, 4) is 0 Å². The highest BCUT2D eigenvalue weighted by molar-refractivity contribution is 6.37. The van der Waals surface area contributed by atoms with Crippen LogP contribution < -0.4 is 16.0 Å². The van der Waals surface area contributed by atoms with Crippen LogP contribution in [-0.4, -0.2) is 30.8 Å². The van der Waals surface area contributed by atoms with Crippen molar-refractivity contribution in [3.63, 3.8) is 0 Å². The van der Waals surface area contributed by atoms with Gasteiger partial charge in [0.2, 0.25) is 5.91 Å². The largest absolute Gasteiger partial charge is 0.354 e. The molecule has 2 amide bonds. The van der Waals surface area contributed by atoms with Gasteiger partial charge in [-0.2, -0.15) is 0 Å². The van der Waals surface area contributed by atoms with E-state index < -0.39 is 5.82 Å². The number of carbonyl (C=O) groups excluding carboxylic acids is 2. The molecule has 3 aromatic carbocycles. The van der Waals surface area contributed by atoms with Crippen LogP contribution in [0.5, 0.6) is 0 Å². The molecule has 6 nitrogen and oxygen atoms in total. The van der Waals surface area contributed by atoms with E-state index in [2.05, 4.69) is 33.0 Å². The zero-order valence-electron chi connectivity index (χ0n) is 21.1. The predicted molar refractivity (Wildman–Crippen MR) is 145 cm³/mol. The smallest absolute Gasteiger partial charge is 0.258 e. The van der Waals surface area contributed by atoms with Gasteiger partial charge in [0.15, 0.2) is 0 Å². The number of fused-ring (bicyclic) bond motifs is 1. The molecule has 37 heavy (non-hydrogen) atoms. The third-order valence-electron chi connectivity index (χ3n) is 6.86. The number of carbonyl (C=O) groups is 2. The summed E-state index contributed by atoms with van der Waals surface area (Å²) in [6.07, 6.45) is 3.02. The van der Waals surface area contributed by atoms with Gasteiger partial charge in [0.25, 0.3) is 5.91 Å².